The summed E-state index contributed by atoms with van der Waals surface area (Å²) in [4.78, 5) is 27.9. The molecule has 1 fully saturated rings. The first-order chi connectivity index (χ1) is 14.4. The van der Waals surface area contributed by atoms with Crippen molar-refractivity contribution in [1.82, 2.24) is 9.80 Å². The van der Waals surface area contributed by atoms with Crippen molar-refractivity contribution in [1.29, 1.82) is 0 Å². The van der Waals surface area contributed by atoms with E-state index >= 15 is 0 Å². The van der Waals surface area contributed by atoms with E-state index in [0.29, 0.717) is 37.7 Å². The first-order valence-corrected chi connectivity index (χ1v) is 10.3. The lowest BCUT2D eigenvalue weighted by Gasteiger charge is -2.21. The number of ketones is 1. The number of rotatable bonds is 7. The topological polar surface area (TPSA) is 59.1 Å². The Labute approximate surface area is 178 Å². The van der Waals surface area contributed by atoms with E-state index in [9.17, 15) is 9.59 Å². The van der Waals surface area contributed by atoms with Crippen molar-refractivity contribution in [3.05, 3.63) is 65.2 Å². The molecular weight excluding hydrogens is 380 g/mol. The Morgan fingerprint density at radius 1 is 1.00 bits per heavy atom. The summed E-state index contributed by atoms with van der Waals surface area (Å²) >= 11 is 0. The van der Waals surface area contributed by atoms with Gasteiger partial charge in [0.15, 0.2) is 5.78 Å². The number of ether oxygens (including phenoxy) is 2. The van der Waals surface area contributed by atoms with Crippen molar-refractivity contribution in [3.8, 4) is 5.75 Å². The second kappa shape index (κ2) is 10.3. The maximum Gasteiger partial charge on any atom is 0.319 e. The summed E-state index contributed by atoms with van der Waals surface area (Å²) < 4.78 is 11.3. The Hall–Kier alpha value is -2.86. The third-order valence-electron chi connectivity index (χ3n) is 5.27. The number of hydrogen-bond acceptors (Lipinski definition) is 4. The van der Waals surface area contributed by atoms with Crippen LogP contribution in [0.3, 0.4) is 0 Å². The molecule has 2 aromatic carbocycles. The van der Waals surface area contributed by atoms with Gasteiger partial charge in [-0.25, -0.2) is 4.79 Å². The molecule has 0 aromatic heterocycles. The maximum atomic E-state index is 12.7. The van der Waals surface area contributed by atoms with Gasteiger partial charge in [0.1, 0.15) is 12.4 Å². The van der Waals surface area contributed by atoms with Gasteiger partial charge < -0.3 is 19.3 Å². The SMILES string of the molecule is CN(C)C(=O)N(C)Cc1ccc(COc2cccc(C(=O)C3CCOCC3)c2)cc1. The Bertz CT molecular complexity index is 858. The fourth-order valence-electron chi connectivity index (χ4n) is 3.53. The van der Waals surface area contributed by atoms with Gasteiger partial charge in [-0.1, -0.05) is 36.4 Å². The number of amides is 2. The van der Waals surface area contributed by atoms with Crippen molar-refractivity contribution in [2.24, 2.45) is 5.92 Å². The minimum atomic E-state index is -0.0300. The number of carbonyl (C=O) groups is 2. The highest BCUT2D eigenvalue weighted by atomic mass is 16.5. The highest BCUT2D eigenvalue weighted by Crippen LogP contribution is 2.23. The third kappa shape index (κ3) is 5.83. The van der Waals surface area contributed by atoms with Crippen LogP contribution in [0.5, 0.6) is 5.75 Å². The Balaban J connectivity index is 1.55. The van der Waals surface area contributed by atoms with Gasteiger partial charge in [-0.3, -0.25) is 4.79 Å². The van der Waals surface area contributed by atoms with Crippen molar-refractivity contribution in [3.63, 3.8) is 0 Å². The number of urea groups is 1. The lowest BCUT2D eigenvalue weighted by atomic mass is 9.91. The standard InChI is InChI=1S/C24H30N2O4/c1-25(2)24(28)26(3)16-18-7-9-19(10-8-18)17-30-22-6-4-5-21(15-22)23(27)20-11-13-29-14-12-20/h4-10,15,20H,11-14,16-17H2,1-3H3. The molecule has 2 aromatic rings. The van der Waals surface area contributed by atoms with Gasteiger partial charge in [-0.2, -0.15) is 0 Å². The smallest absolute Gasteiger partial charge is 0.319 e. The molecule has 3 rings (SSSR count). The van der Waals surface area contributed by atoms with Crippen LogP contribution in [0.15, 0.2) is 48.5 Å². The fraction of sp³-hybridized carbons (Fsp3) is 0.417. The number of Topliss-reactive ketones (excluding diaryl/α,β-unsaturated/α-hetero) is 1. The molecule has 1 aliphatic rings. The molecule has 6 heteroatoms. The normalized spacial score (nSPS) is 14.2. The number of benzene rings is 2. The average molecular weight is 411 g/mol. The molecule has 2 amide bonds. The quantitative estimate of drug-likeness (QED) is 0.648. The third-order valence-corrected chi connectivity index (χ3v) is 5.27. The van der Waals surface area contributed by atoms with Crippen molar-refractivity contribution in [2.75, 3.05) is 34.4 Å². The monoisotopic (exact) mass is 410 g/mol. The van der Waals surface area contributed by atoms with E-state index in [1.165, 1.54) is 0 Å². The van der Waals surface area contributed by atoms with Crippen LogP contribution in [0.1, 0.15) is 34.3 Å². The molecule has 0 unspecified atom stereocenters. The van der Waals surface area contributed by atoms with Gasteiger partial charge >= 0.3 is 6.03 Å². The number of hydrogen-bond donors (Lipinski definition) is 0. The molecule has 160 valence electrons. The largest absolute Gasteiger partial charge is 0.489 e. The molecule has 0 saturated carbocycles. The summed E-state index contributed by atoms with van der Waals surface area (Å²) in [7, 11) is 5.27. The average Bonchev–Trinajstić information content (AvgIpc) is 2.78. The van der Waals surface area contributed by atoms with Gasteiger partial charge in [0.2, 0.25) is 0 Å². The summed E-state index contributed by atoms with van der Waals surface area (Å²) in [6.07, 6.45) is 1.57. The van der Waals surface area contributed by atoms with Crippen LogP contribution in [0, 0.1) is 5.92 Å². The molecule has 1 aliphatic heterocycles. The predicted molar refractivity (Wildman–Crippen MR) is 116 cm³/mol. The second-order valence-corrected chi connectivity index (χ2v) is 7.92. The van der Waals surface area contributed by atoms with Crippen LogP contribution in [-0.2, 0) is 17.9 Å². The molecule has 30 heavy (non-hydrogen) atoms. The van der Waals surface area contributed by atoms with E-state index in [1.54, 1.807) is 30.9 Å². The molecule has 0 radical (unpaired) electrons. The van der Waals surface area contributed by atoms with E-state index in [1.807, 2.05) is 48.5 Å². The van der Waals surface area contributed by atoms with Gasteiger partial charge in [0.05, 0.1) is 0 Å². The first-order valence-electron chi connectivity index (χ1n) is 10.3. The summed E-state index contributed by atoms with van der Waals surface area (Å²) in [5.41, 5.74) is 2.78. The van der Waals surface area contributed by atoms with E-state index in [2.05, 4.69) is 0 Å². The van der Waals surface area contributed by atoms with E-state index in [-0.39, 0.29) is 17.7 Å². The van der Waals surface area contributed by atoms with Crippen LogP contribution >= 0.6 is 0 Å². The minimum absolute atomic E-state index is 0.0300. The summed E-state index contributed by atoms with van der Waals surface area (Å²) in [5, 5.41) is 0. The molecule has 1 saturated heterocycles. The van der Waals surface area contributed by atoms with Crippen LogP contribution in [-0.4, -0.2) is 56.0 Å². The van der Waals surface area contributed by atoms with Crippen LogP contribution < -0.4 is 4.74 Å². The maximum absolute atomic E-state index is 12.7. The van der Waals surface area contributed by atoms with Crippen molar-refractivity contribution >= 4 is 11.8 Å². The first kappa shape index (κ1) is 21.8. The predicted octanol–water partition coefficient (Wildman–Crippen LogP) is 3.99. The molecule has 6 nitrogen and oxygen atoms in total. The van der Waals surface area contributed by atoms with E-state index in [4.69, 9.17) is 9.47 Å². The molecule has 0 spiro atoms. The highest BCUT2D eigenvalue weighted by Gasteiger charge is 2.23. The van der Waals surface area contributed by atoms with E-state index < -0.39 is 0 Å². The Morgan fingerprint density at radius 2 is 1.67 bits per heavy atom. The zero-order valence-electron chi connectivity index (χ0n) is 18.0. The van der Waals surface area contributed by atoms with Crippen LogP contribution in [0.4, 0.5) is 4.79 Å². The Kier molecular flexibility index (Phi) is 7.46. The van der Waals surface area contributed by atoms with Gasteiger partial charge in [-0.05, 0) is 36.1 Å². The van der Waals surface area contributed by atoms with Gasteiger partial charge in [0.25, 0.3) is 0 Å². The van der Waals surface area contributed by atoms with Gasteiger partial charge in [0, 0.05) is 52.4 Å². The van der Waals surface area contributed by atoms with Gasteiger partial charge in [-0.15, -0.1) is 0 Å². The molecule has 1 heterocycles. The lowest BCUT2D eigenvalue weighted by Crippen LogP contribution is -2.35. The molecule has 0 N–H and O–H groups in total. The molecule has 0 atom stereocenters. The summed E-state index contributed by atoms with van der Waals surface area (Å²) in [6, 6.07) is 15.4. The van der Waals surface area contributed by atoms with Crippen molar-refractivity contribution < 1.29 is 19.1 Å². The summed E-state index contributed by atoms with van der Waals surface area (Å²) in [6.45, 7) is 2.28. The van der Waals surface area contributed by atoms with Crippen LogP contribution in [0.2, 0.25) is 0 Å². The minimum Gasteiger partial charge on any atom is -0.489 e. The zero-order valence-corrected chi connectivity index (χ0v) is 18.0. The second-order valence-electron chi connectivity index (χ2n) is 7.92. The molecule has 0 bridgehead atoms. The zero-order chi connectivity index (χ0) is 21.5. The lowest BCUT2D eigenvalue weighted by molar-refractivity contribution is 0.0544. The fourth-order valence-corrected chi connectivity index (χ4v) is 3.53. The Morgan fingerprint density at radius 3 is 2.33 bits per heavy atom. The molecular formula is C24H30N2O4. The summed E-state index contributed by atoms with van der Waals surface area (Å²) in [5.74, 6) is 0.900. The number of nitrogens with zero attached hydrogens (tertiary/aromatic N) is 2. The number of carbonyl (C=O) groups excluding carboxylic acids is 2. The highest BCUT2D eigenvalue weighted by molar-refractivity contribution is 5.98. The van der Waals surface area contributed by atoms with Crippen LogP contribution in [0.25, 0.3) is 0 Å². The van der Waals surface area contributed by atoms with Crippen molar-refractivity contribution in [2.45, 2.75) is 26.0 Å². The van der Waals surface area contributed by atoms with E-state index in [0.717, 1.165) is 24.0 Å². The molecule has 0 aliphatic carbocycles.